The summed E-state index contributed by atoms with van der Waals surface area (Å²) in [5.74, 6) is 0.861. The molecule has 0 aromatic heterocycles. The molecular formula is C27H38N2O3Si. The van der Waals surface area contributed by atoms with E-state index in [0.29, 0.717) is 6.61 Å². The predicted molar refractivity (Wildman–Crippen MR) is 137 cm³/mol. The quantitative estimate of drug-likeness (QED) is 0.504. The van der Waals surface area contributed by atoms with E-state index in [1.54, 1.807) is 0 Å². The van der Waals surface area contributed by atoms with Crippen LogP contribution in [0.15, 0.2) is 36.4 Å². The fourth-order valence-electron chi connectivity index (χ4n) is 4.55. The number of amides is 2. The molecular weight excluding hydrogens is 428 g/mol. The highest BCUT2D eigenvalue weighted by molar-refractivity contribution is 6.74. The van der Waals surface area contributed by atoms with Crippen molar-refractivity contribution >= 4 is 20.0 Å². The normalized spacial score (nSPS) is 20.3. The lowest BCUT2D eigenvalue weighted by Gasteiger charge is -2.40. The molecule has 33 heavy (non-hydrogen) atoms. The molecule has 1 heterocycles. The monoisotopic (exact) mass is 466 g/mol. The van der Waals surface area contributed by atoms with Crippen molar-refractivity contribution in [3.8, 4) is 5.75 Å². The first-order valence-electron chi connectivity index (χ1n) is 12.1. The highest BCUT2D eigenvalue weighted by Crippen LogP contribution is 2.40. The van der Waals surface area contributed by atoms with Crippen molar-refractivity contribution in [2.24, 2.45) is 0 Å². The van der Waals surface area contributed by atoms with Gasteiger partial charge in [-0.15, -0.1) is 0 Å². The SMILES string of the molecule is Cc1ccc2c(c1)C(NC(=O)Nc1cccc3c1CC(O[Si](C)(C)C(C)(C)C)CC3)CCO2. The van der Waals surface area contributed by atoms with Crippen LogP contribution in [-0.4, -0.2) is 27.1 Å². The third kappa shape index (κ3) is 5.27. The van der Waals surface area contributed by atoms with E-state index >= 15 is 0 Å². The second-order valence-electron chi connectivity index (χ2n) is 11.0. The Bertz CT molecular complexity index is 1030. The van der Waals surface area contributed by atoms with Gasteiger partial charge in [0.25, 0.3) is 0 Å². The van der Waals surface area contributed by atoms with Crippen molar-refractivity contribution in [3.05, 3.63) is 58.7 Å². The van der Waals surface area contributed by atoms with Gasteiger partial charge < -0.3 is 19.8 Å². The van der Waals surface area contributed by atoms with Gasteiger partial charge in [-0.2, -0.15) is 0 Å². The standard InChI is InChI=1S/C27H38N2O3Si/c1-18-10-13-25-22(16-18)24(14-15-31-25)29-26(30)28-23-9-7-8-19-11-12-20(17-21(19)23)32-33(5,6)27(2,3)4/h7-10,13,16,20,24H,11-12,14-15,17H2,1-6H3,(H2,28,29,30). The van der Waals surface area contributed by atoms with Gasteiger partial charge in [0.1, 0.15) is 5.75 Å². The number of benzene rings is 2. The zero-order valence-corrected chi connectivity index (χ0v) is 21.9. The number of hydrogen-bond acceptors (Lipinski definition) is 3. The van der Waals surface area contributed by atoms with Gasteiger partial charge in [0, 0.05) is 23.8 Å². The van der Waals surface area contributed by atoms with E-state index in [4.69, 9.17) is 9.16 Å². The number of urea groups is 1. The van der Waals surface area contributed by atoms with Crippen LogP contribution in [0.2, 0.25) is 18.1 Å². The van der Waals surface area contributed by atoms with Gasteiger partial charge in [-0.3, -0.25) is 0 Å². The minimum atomic E-state index is -1.84. The Kier molecular flexibility index (Phi) is 6.60. The molecule has 2 atom stereocenters. The van der Waals surface area contributed by atoms with Crippen LogP contribution in [0.3, 0.4) is 0 Å². The maximum absolute atomic E-state index is 13.0. The van der Waals surface area contributed by atoms with Crippen molar-refractivity contribution in [1.29, 1.82) is 0 Å². The summed E-state index contributed by atoms with van der Waals surface area (Å²) in [4.78, 5) is 13.0. The van der Waals surface area contributed by atoms with E-state index in [0.717, 1.165) is 48.2 Å². The van der Waals surface area contributed by atoms with Crippen molar-refractivity contribution < 1.29 is 14.0 Å². The van der Waals surface area contributed by atoms with Crippen LogP contribution in [0.4, 0.5) is 10.5 Å². The molecule has 6 heteroatoms. The number of carbonyl (C=O) groups is 1. The molecule has 2 aromatic rings. The molecule has 0 spiro atoms. The molecule has 178 valence electrons. The number of carbonyl (C=O) groups excluding carboxylic acids is 1. The van der Waals surface area contributed by atoms with Gasteiger partial charge in [0.15, 0.2) is 8.32 Å². The van der Waals surface area contributed by atoms with Gasteiger partial charge in [-0.25, -0.2) is 4.79 Å². The molecule has 4 rings (SSSR count). The summed E-state index contributed by atoms with van der Waals surface area (Å²) in [7, 11) is -1.84. The van der Waals surface area contributed by atoms with Crippen LogP contribution in [0.25, 0.3) is 0 Å². The summed E-state index contributed by atoms with van der Waals surface area (Å²) >= 11 is 0. The Hall–Kier alpha value is -2.31. The summed E-state index contributed by atoms with van der Waals surface area (Å²) in [5, 5.41) is 6.50. The third-order valence-electron chi connectivity index (χ3n) is 7.47. The van der Waals surface area contributed by atoms with Crippen LogP contribution < -0.4 is 15.4 Å². The Morgan fingerprint density at radius 1 is 1.15 bits per heavy atom. The Labute approximate surface area is 199 Å². The van der Waals surface area contributed by atoms with Gasteiger partial charge in [-0.05, 0) is 67.6 Å². The minimum Gasteiger partial charge on any atom is -0.493 e. The maximum atomic E-state index is 13.0. The second kappa shape index (κ2) is 9.14. The largest absolute Gasteiger partial charge is 0.493 e. The van der Waals surface area contributed by atoms with E-state index in [2.05, 4.69) is 63.6 Å². The average Bonchev–Trinajstić information content (AvgIpc) is 2.73. The Morgan fingerprint density at radius 3 is 2.70 bits per heavy atom. The molecule has 2 amide bonds. The summed E-state index contributed by atoms with van der Waals surface area (Å²) < 4.78 is 12.5. The molecule has 1 aliphatic carbocycles. The van der Waals surface area contributed by atoms with E-state index in [1.807, 2.05) is 24.3 Å². The van der Waals surface area contributed by atoms with Crippen LogP contribution in [0.5, 0.6) is 5.75 Å². The lowest BCUT2D eigenvalue weighted by atomic mass is 9.88. The van der Waals surface area contributed by atoms with Crippen molar-refractivity contribution in [1.82, 2.24) is 5.32 Å². The summed E-state index contributed by atoms with van der Waals surface area (Å²) in [5.41, 5.74) is 5.64. The Balaban J connectivity index is 1.47. The summed E-state index contributed by atoms with van der Waals surface area (Å²) in [6.45, 7) is 14.1. The number of ether oxygens (including phenoxy) is 1. The van der Waals surface area contributed by atoms with Crippen LogP contribution >= 0.6 is 0 Å². The summed E-state index contributed by atoms with van der Waals surface area (Å²) in [6.07, 6.45) is 3.83. The number of nitrogens with one attached hydrogen (secondary N) is 2. The second-order valence-corrected chi connectivity index (χ2v) is 15.8. The van der Waals surface area contributed by atoms with E-state index in [-0.39, 0.29) is 23.2 Å². The molecule has 2 aliphatic rings. The molecule has 0 saturated heterocycles. The topological polar surface area (TPSA) is 59.6 Å². The Morgan fingerprint density at radius 2 is 1.94 bits per heavy atom. The van der Waals surface area contributed by atoms with Gasteiger partial charge in [0.2, 0.25) is 0 Å². The molecule has 5 nitrogen and oxygen atoms in total. The number of anilines is 1. The lowest BCUT2D eigenvalue weighted by Crippen LogP contribution is -2.45. The molecule has 0 bridgehead atoms. The van der Waals surface area contributed by atoms with Crippen LogP contribution in [0.1, 0.15) is 61.9 Å². The molecule has 2 N–H and O–H groups in total. The zero-order valence-electron chi connectivity index (χ0n) is 20.9. The molecule has 2 unspecified atom stereocenters. The van der Waals surface area contributed by atoms with Crippen molar-refractivity contribution in [3.63, 3.8) is 0 Å². The first-order valence-corrected chi connectivity index (χ1v) is 15.0. The first kappa shape index (κ1) is 23.8. The van der Waals surface area contributed by atoms with Crippen LogP contribution in [-0.2, 0) is 17.3 Å². The summed E-state index contributed by atoms with van der Waals surface area (Å²) in [6, 6.07) is 12.1. The highest BCUT2D eigenvalue weighted by atomic mass is 28.4. The van der Waals surface area contributed by atoms with Crippen LogP contribution in [0, 0.1) is 6.92 Å². The molecule has 2 aromatic carbocycles. The zero-order chi connectivity index (χ0) is 23.8. The van der Waals surface area contributed by atoms with Gasteiger partial charge in [0.05, 0.1) is 12.6 Å². The third-order valence-corrected chi connectivity index (χ3v) is 12.0. The fraction of sp³-hybridized carbons (Fsp3) is 0.519. The first-order chi connectivity index (χ1) is 15.5. The van der Waals surface area contributed by atoms with E-state index in [1.165, 1.54) is 11.1 Å². The molecule has 0 saturated carbocycles. The highest BCUT2D eigenvalue weighted by Gasteiger charge is 2.40. The average molecular weight is 467 g/mol. The number of rotatable bonds is 4. The molecule has 0 fully saturated rings. The smallest absolute Gasteiger partial charge is 0.319 e. The van der Waals surface area contributed by atoms with E-state index < -0.39 is 8.32 Å². The molecule has 0 radical (unpaired) electrons. The van der Waals surface area contributed by atoms with Gasteiger partial charge >= 0.3 is 6.03 Å². The fourth-order valence-corrected chi connectivity index (χ4v) is 5.94. The van der Waals surface area contributed by atoms with Crippen molar-refractivity contribution in [2.75, 3.05) is 11.9 Å². The number of aryl methyl sites for hydroxylation is 2. The van der Waals surface area contributed by atoms with E-state index in [9.17, 15) is 4.79 Å². The minimum absolute atomic E-state index is 0.0529. The maximum Gasteiger partial charge on any atom is 0.319 e. The predicted octanol–water partition coefficient (Wildman–Crippen LogP) is 6.52. The van der Waals surface area contributed by atoms with Gasteiger partial charge in [-0.1, -0.05) is 50.6 Å². The van der Waals surface area contributed by atoms with Crippen molar-refractivity contribution in [2.45, 2.75) is 83.7 Å². The number of fused-ring (bicyclic) bond motifs is 2. The number of hydrogen-bond donors (Lipinski definition) is 2. The lowest BCUT2D eigenvalue weighted by molar-refractivity contribution is 0.165. The molecule has 1 aliphatic heterocycles.